The first-order valence-corrected chi connectivity index (χ1v) is 6.41. The molecule has 2 aromatic rings. The van der Waals surface area contributed by atoms with Crippen LogP contribution in [-0.4, -0.2) is 22.9 Å². The molecular weight excluding hydrogens is 338 g/mol. The molecule has 1 heterocycles. The van der Waals surface area contributed by atoms with Crippen LogP contribution in [0.2, 0.25) is 5.02 Å². The lowest BCUT2D eigenvalue weighted by Gasteiger charge is -2.04. The molecule has 0 radical (unpaired) electrons. The highest BCUT2D eigenvalue weighted by atomic mass is 79.9. The smallest absolute Gasteiger partial charge is 0.359 e. The van der Waals surface area contributed by atoms with Gasteiger partial charge in [0.15, 0.2) is 5.69 Å². The Morgan fingerprint density at radius 2 is 2.21 bits per heavy atom. The van der Waals surface area contributed by atoms with Crippen LogP contribution in [0.3, 0.4) is 0 Å². The highest BCUT2D eigenvalue weighted by Crippen LogP contribution is 2.25. The SMILES string of the molecule is COC(=O)c1nn(-c2ccc(Cl)c(F)c2)c(C)c1Br. The summed E-state index contributed by atoms with van der Waals surface area (Å²) in [4.78, 5) is 11.5. The van der Waals surface area contributed by atoms with E-state index < -0.39 is 11.8 Å². The number of methoxy groups -OCH3 is 1. The Kier molecular flexibility index (Phi) is 3.91. The second-order valence-corrected chi connectivity index (χ2v) is 4.95. The lowest BCUT2D eigenvalue weighted by atomic mass is 10.3. The van der Waals surface area contributed by atoms with E-state index in [2.05, 4.69) is 25.8 Å². The van der Waals surface area contributed by atoms with Gasteiger partial charge in [-0.2, -0.15) is 5.10 Å². The predicted molar refractivity (Wildman–Crippen MR) is 72.3 cm³/mol. The molecule has 0 aliphatic heterocycles. The van der Waals surface area contributed by atoms with Crippen molar-refractivity contribution in [2.24, 2.45) is 0 Å². The molecule has 0 saturated carbocycles. The van der Waals surface area contributed by atoms with Crippen LogP contribution in [0.5, 0.6) is 0 Å². The molecule has 1 aromatic heterocycles. The molecule has 2 rings (SSSR count). The molecule has 0 fully saturated rings. The summed E-state index contributed by atoms with van der Waals surface area (Å²) in [7, 11) is 1.27. The summed E-state index contributed by atoms with van der Waals surface area (Å²) in [5.41, 5.74) is 1.26. The van der Waals surface area contributed by atoms with Crippen LogP contribution >= 0.6 is 27.5 Å². The van der Waals surface area contributed by atoms with Gasteiger partial charge in [0.05, 0.1) is 28.0 Å². The lowest BCUT2D eigenvalue weighted by Crippen LogP contribution is -2.05. The van der Waals surface area contributed by atoms with Crippen molar-refractivity contribution in [3.05, 3.63) is 44.9 Å². The molecule has 0 saturated heterocycles. The van der Waals surface area contributed by atoms with E-state index in [4.69, 9.17) is 11.6 Å². The van der Waals surface area contributed by atoms with Crippen LogP contribution in [0.4, 0.5) is 4.39 Å². The Labute approximate surface area is 122 Å². The molecule has 1 aromatic carbocycles. The third-order valence-electron chi connectivity index (χ3n) is 2.57. The van der Waals surface area contributed by atoms with Crippen LogP contribution in [0.25, 0.3) is 5.69 Å². The second kappa shape index (κ2) is 5.30. The van der Waals surface area contributed by atoms with Crippen LogP contribution in [0.15, 0.2) is 22.7 Å². The van der Waals surface area contributed by atoms with Gasteiger partial charge in [0.25, 0.3) is 0 Å². The van der Waals surface area contributed by atoms with E-state index in [1.54, 1.807) is 13.0 Å². The number of hydrogen-bond donors (Lipinski definition) is 0. The van der Waals surface area contributed by atoms with Crippen molar-refractivity contribution in [2.45, 2.75) is 6.92 Å². The Morgan fingerprint density at radius 3 is 2.79 bits per heavy atom. The molecule has 0 N–H and O–H groups in total. The minimum absolute atomic E-state index is 0.0285. The number of benzene rings is 1. The van der Waals surface area contributed by atoms with Crippen molar-refractivity contribution in [3.63, 3.8) is 0 Å². The average Bonchev–Trinajstić information content (AvgIpc) is 2.69. The van der Waals surface area contributed by atoms with E-state index in [0.29, 0.717) is 15.9 Å². The molecule has 0 aliphatic carbocycles. The van der Waals surface area contributed by atoms with Gasteiger partial charge in [-0.25, -0.2) is 13.9 Å². The molecule has 0 aliphatic rings. The van der Waals surface area contributed by atoms with Crippen molar-refractivity contribution in [1.82, 2.24) is 9.78 Å². The standard InChI is InChI=1S/C12H9BrClFN2O2/c1-6-10(13)11(12(18)19-2)16-17(6)7-3-4-8(14)9(15)5-7/h3-5H,1-2H3. The summed E-state index contributed by atoms with van der Waals surface area (Å²) in [6.07, 6.45) is 0. The van der Waals surface area contributed by atoms with E-state index in [-0.39, 0.29) is 10.7 Å². The number of esters is 1. The van der Waals surface area contributed by atoms with Crippen molar-refractivity contribution < 1.29 is 13.9 Å². The van der Waals surface area contributed by atoms with Gasteiger partial charge in [-0.3, -0.25) is 0 Å². The highest BCUT2D eigenvalue weighted by Gasteiger charge is 2.20. The third kappa shape index (κ3) is 2.50. The number of halogens is 3. The fourth-order valence-corrected chi connectivity index (χ4v) is 2.11. The lowest BCUT2D eigenvalue weighted by molar-refractivity contribution is 0.0592. The van der Waals surface area contributed by atoms with E-state index in [1.807, 2.05) is 0 Å². The van der Waals surface area contributed by atoms with Gasteiger partial charge in [0.1, 0.15) is 5.82 Å². The Bertz CT molecular complexity index is 657. The first-order valence-electron chi connectivity index (χ1n) is 5.24. The summed E-state index contributed by atoms with van der Waals surface area (Å²) in [5.74, 6) is -1.12. The molecule has 100 valence electrons. The van der Waals surface area contributed by atoms with Crippen LogP contribution in [-0.2, 0) is 4.74 Å². The Hall–Kier alpha value is -1.40. The van der Waals surface area contributed by atoms with Gasteiger partial charge in [-0.1, -0.05) is 11.6 Å². The van der Waals surface area contributed by atoms with Gasteiger partial charge in [-0.15, -0.1) is 0 Å². The largest absolute Gasteiger partial charge is 0.464 e. The zero-order valence-corrected chi connectivity index (χ0v) is 12.4. The van der Waals surface area contributed by atoms with Crippen molar-refractivity contribution >= 4 is 33.5 Å². The molecule has 7 heteroatoms. The molecule has 4 nitrogen and oxygen atoms in total. The van der Waals surface area contributed by atoms with Crippen LogP contribution in [0.1, 0.15) is 16.2 Å². The molecule has 0 atom stereocenters. The summed E-state index contributed by atoms with van der Waals surface area (Å²) in [6.45, 7) is 1.75. The summed E-state index contributed by atoms with van der Waals surface area (Å²) >= 11 is 8.90. The topological polar surface area (TPSA) is 44.1 Å². The quantitative estimate of drug-likeness (QED) is 0.781. The van der Waals surface area contributed by atoms with Crippen molar-refractivity contribution in [2.75, 3.05) is 7.11 Å². The number of hydrogen-bond acceptors (Lipinski definition) is 3. The number of ether oxygens (including phenoxy) is 1. The summed E-state index contributed by atoms with van der Waals surface area (Å²) in [6, 6.07) is 4.29. The number of nitrogens with zero attached hydrogens (tertiary/aromatic N) is 2. The number of aromatic nitrogens is 2. The highest BCUT2D eigenvalue weighted by molar-refractivity contribution is 9.10. The molecule has 19 heavy (non-hydrogen) atoms. The van der Waals surface area contributed by atoms with Crippen LogP contribution < -0.4 is 0 Å². The third-order valence-corrected chi connectivity index (χ3v) is 3.83. The molecule has 0 spiro atoms. The van der Waals surface area contributed by atoms with Gasteiger partial charge in [0.2, 0.25) is 0 Å². The van der Waals surface area contributed by atoms with E-state index in [0.717, 1.165) is 0 Å². The normalized spacial score (nSPS) is 10.6. The summed E-state index contributed by atoms with van der Waals surface area (Å²) < 4.78 is 20.0. The maximum absolute atomic E-state index is 13.5. The van der Waals surface area contributed by atoms with Gasteiger partial charge in [-0.05, 0) is 35.0 Å². The second-order valence-electron chi connectivity index (χ2n) is 3.75. The maximum atomic E-state index is 13.5. The van der Waals surface area contributed by atoms with E-state index in [1.165, 1.54) is 23.9 Å². The van der Waals surface area contributed by atoms with Gasteiger partial charge in [0, 0.05) is 6.07 Å². The van der Waals surface area contributed by atoms with E-state index >= 15 is 0 Å². The minimum Gasteiger partial charge on any atom is -0.464 e. The van der Waals surface area contributed by atoms with Gasteiger partial charge < -0.3 is 4.74 Å². The van der Waals surface area contributed by atoms with Crippen molar-refractivity contribution in [3.8, 4) is 5.69 Å². The number of carbonyl (C=O) groups is 1. The number of rotatable bonds is 2. The average molecular weight is 348 g/mol. The van der Waals surface area contributed by atoms with Crippen LogP contribution in [0, 0.1) is 12.7 Å². The van der Waals surface area contributed by atoms with Gasteiger partial charge >= 0.3 is 5.97 Å². The molecule has 0 amide bonds. The fraction of sp³-hybridized carbons (Fsp3) is 0.167. The Morgan fingerprint density at radius 1 is 1.53 bits per heavy atom. The molecular formula is C12H9BrClFN2O2. The maximum Gasteiger partial charge on any atom is 0.359 e. The fourth-order valence-electron chi connectivity index (χ4n) is 1.58. The molecule has 0 unspecified atom stereocenters. The zero-order chi connectivity index (χ0) is 14.2. The first kappa shape index (κ1) is 14.0. The first-order chi connectivity index (χ1) is 8.95. The monoisotopic (exact) mass is 346 g/mol. The molecule has 0 bridgehead atoms. The Balaban J connectivity index is 2.57. The predicted octanol–water partition coefficient (Wildman–Crippen LogP) is 3.52. The summed E-state index contributed by atoms with van der Waals surface area (Å²) in [5, 5.41) is 4.14. The minimum atomic E-state index is -0.567. The van der Waals surface area contributed by atoms with Crippen molar-refractivity contribution in [1.29, 1.82) is 0 Å². The number of carbonyl (C=O) groups excluding carboxylic acids is 1. The van der Waals surface area contributed by atoms with E-state index in [9.17, 15) is 9.18 Å². The zero-order valence-electron chi connectivity index (χ0n) is 10.1.